The SMILES string of the molecule is CCCCCCCCCCCCCCCCCCCCCCC(O)C(COP(=O)([O-])OCC[N+](C)(C)C)NC(=O)CCCC. The van der Waals surface area contributed by atoms with Crippen LogP contribution in [0.15, 0.2) is 0 Å². The third-order valence-corrected chi connectivity index (χ3v) is 9.31. The first-order valence-corrected chi connectivity index (χ1v) is 19.8. The summed E-state index contributed by atoms with van der Waals surface area (Å²) < 4.78 is 22.9. The number of hydrogen-bond donors (Lipinski definition) is 2. The molecule has 3 atom stereocenters. The second kappa shape index (κ2) is 28.7. The Morgan fingerprint density at radius 2 is 1.11 bits per heavy atom. The molecule has 9 heteroatoms. The third kappa shape index (κ3) is 30.2. The van der Waals surface area contributed by atoms with E-state index in [4.69, 9.17) is 9.05 Å². The standard InChI is InChI=1S/C35H73N2O6P/c1-6-8-10-11-12-13-14-15-16-17-18-19-20-21-22-23-24-25-26-27-28-34(38)33(36-35(39)29-9-7-2)32-43-44(40,41)42-31-30-37(3,4)5/h33-34,38H,6-32H2,1-5H3,(H-,36,39,40,41). The van der Waals surface area contributed by atoms with Crippen LogP contribution in [0.1, 0.15) is 168 Å². The summed E-state index contributed by atoms with van der Waals surface area (Å²) in [4.78, 5) is 24.6. The van der Waals surface area contributed by atoms with Crippen molar-refractivity contribution in [2.45, 2.75) is 180 Å². The molecule has 0 heterocycles. The Morgan fingerprint density at radius 1 is 0.705 bits per heavy atom. The van der Waals surface area contributed by atoms with Crippen molar-refractivity contribution in [3.63, 3.8) is 0 Å². The Morgan fingerprint density at radius 3 is 1.52 bits per heavy atom. The zero-order valence-electron chi connectivity index (χ0n) is 29.6. The molecule has 8 nitrogen and oxygen atoms in total. The number of hydrogen-bond acceptors (Lipinski definition) is 6. The van der Waals surface area contributed by atoms with Crippen LogP contribution in [0, 0.1) is 0 Å². The number of nitrogens with zero attached hydrogens (tertiary/aromatic N) is 1. The fraction of sp³-hybridized carbons (Fsp3) is 0.971. The number of nitrogens with one attached hydrogen (secondary N) is 1. The van der Waals surface area contributed by atoms with Crippen molar-refractivity contribution >= 4 is 13.7 Å². The first kappa shape index (κ1) is 43.5. The van der Waals surface area contributed by atoms with Gasteiger partial charge in [-0.25, -0.2) is 0 Å². The highest BCUT2D eigenvalue weighted by Crippen LogP contribution is 2.38. The van der Waals surface area contributed by atoms with Crippen LogP contribution >= 0.6 is 7.82 Å². The number of quaternary nitrogens is 1. The minimum atomic E-state index is -4.53. The van der Waals surface area contributed by atoms with Crippen molar-refractivity contribution in [2.75, 3.05) is 40.9 Å². The topological polar surface area (TPSA) is 108 Å². The molecule has 0 aromatic carbocycles. The molecule has 0 bridgehead atoms. The molecule has 264 valence electrons. The van der Waals surface area contributed by atoms with Crippen molar-refractivity contribution in [2.24, 2.45) is 0 Å². The Kier molecular flexibility index (Phi) is 28.4. The summed E-state index contributed by atoms with van der Waals surface area (Å²) in [6.07, 6.45) is 27.9. The van der Waals surface area contributed by atoms with Gasteiger partial charge in [-0.2, -0.15) is 0 Å². The number of carbonyl (C=O) groups is 1. The van der Waals surface area contributed by atoms with E-state index in [1.54, 1.807) is 0 Å². The molecular formula is C35H73N2O6P. The number of rotatable bonds is 33. The lowest BCUT2D eigenvalue weighted by Crippen LogP contribution is -2.46. The van der Waals surface area contributed by atoms with Crippen LogP contribution in [0.4, 0.5) is 0 Å². The molecule has 2 N–H and O–H groups in total. The van der Waals surface area contributed by atoms with Crippen LogP contribution in [0.2, 0.25) is 0 Å². The second-order valence-electron chi connectivity index (χ2n) is 13.9. The van der Waals surface area contributed by atoms with Crippen LogP contribution < -0.4 is 10.2 Å². The van der Waals surface area contributed by atoms with Crippen LogP contribution in [0.5, 0.6) is 0 Å². The fourth-order valence-corrected chi connectivity index (χ4v) is 6.03. The van der Waals surface area contributed by atoms with Crippen molar-refractivity contribution in [1.29, 1.82) is 0 Å². The number of phosphoric ester groups is 1. The van der Waals surface area contributed by atoms with E-state index < -0.39 is 20.0 Å². The van der Waals surface area contributed by atoms with Gasteiger partial charge in [0.1, 0.15) is 13.2 Å². The molecule has 0 aromatic rings. The highest BCUT2D eigenvalue weighted by molar-refractivity contribution is 7.45. The van der Waals surface area contributed by atoms with Gasteiger partial charge >= 0.3 is 0 Å². The minimum absolute atomic E-state index is 0.0136. The number of carbonyl (C=O) groups excluding carboxylic acids is 1. The van der Waals surface area contributed by atoms with Crippen LogP contribution in [0.3, 0.4) is 0 Å². The molecule has 0 saturated carbocycles. The predicted octanol–water partition coefficient (Wildman–Crippen LogP) is 8.44. The van der Waals surface area contributed by atoms with Gasteiger partial charge in [0.05, 0.1) is 39.9 Å². The van der Waals surface area contributed by atoms with Gasteiger partial charge in [-0.15, -0.1) is 0 Å². The smallest absolute Gasteiger partial charge is 0.268 e. The molecule has 0 aliphatic rings. The number of aliphatic hydroxyl groups is 1. The molecular weight excluding hydrogens is 575 g/mol. The van der Waals surface area contributed by atoms with E-state index in [9.17, 15) is 19.4 Å². The van der Waals surface area contributed by atoms with E-state index in [1.165, 1.54) is 109 Å². The van der Waals surface area contributed by atoms with Crippen LogP contribution in [-0.2, 0) is 18.4 Å². The summed E-state index contributed by atoms with van der Waals surface area (Å²) in [7, 11) is 1.30. The van der Waals surface area contributed by atoms with Crippen molar-refractivity contribution in [3.8, 4) is 0 Å². The summed E-state index contributed by atoms with van der Waals surface area (Å²) in [5, 5.41) is 13.6. The van der Waals surface area contributed by atoms with Gasteiger partial charge in [0.2, 0.25) is 5.91 Å². The number of unbranched alkanes of at least 4 members (excludes halogenated alkanes) is 20. The van der Waals surface area contributed by atoms with Crippen LogP contribution in [0.25, 0.3) is 0 Å². The maximum atomic E-state index is 12.3. The molecule has 0 aromatic heterocycles. The Hall–Kier alpha value is -0.500. The number of amides is 1. The zero-order chi connectivity index (χ0) is 32.9. The highest BCUT2D eigenvalue weighted by atomic mass is 31.2. The van der Waals surface area contributed by atoms with Crippen molar-refractivity contribution < 1.29 is 32.9 Å². The molecule has 0 rings (SSSR count). The van der Waals surface area contributed by atoms with E-state index in [0.717, 1.165) is 32.1 Å². The van der Waals surface area contributed by atoms with Crippen LogP contribution in [-0.4, -0.2) is 68.5 Å². The predicted molar refractivity (Wildman–Crippen MR) is 183 cm³/mol. The largest absolute Gasteiger partial charge is 0.756 e. The van der Waals surface area contributed by atoms with Gasteiger partial charge in [-0.1, -0.05) is 149 Å². The summed E-state index contributed by atoms with van der Waals surface area (Å²) in [5.41, 5.74) is 0. The van der Waals surface area contributed by atoms with Crippen molar-refractivity contribution in [1.82, 2.24) is 5.32 Å². The third-order valence-electron chi connectivity index (χ3n) is 8.35. The lowest BCUT2D eigenvalue weighted by atomic mass is 10.0. The summed E-state index contributed by atoms with van der Waals surface area (Å²) in [5.74, 6) is -0.199. The quantitative estimate of drug-likeness (QED) is 0.0420. The van der Waals surface area contributed by atoms with Crippen molar-refractivity contribution in [3.05, 3.63) is 0 Å². The van der Waals surface area contributed by atoms with E-state index in [2.05, 4.69) is 12.2 Å². The maximum absolute atomic E-state index is 12.3. The first-order valence-electron chi connectivity index (χ1n) is 18.4. The first-order chi connectivity index (χ1) is 21.0. The highest BCUT2D eigenvalue weighted by Gasteiger charge is 2.24. The molecule has 0 aliphatic carbocycles. The number of phosphoric acid groups is 1. The van der Waals surface area contributed by atoms with Gasteiger partial charge in [-0.3, -0.25) is 9.36 Å². The van der Waals surface area contributed by atoms with Gasteiger partial charge in [0.25, 0.3) is 7.82 Å². The average molecular weight is 649 g/mol. The summed E-state index contributed by atoms with van der Waals surface area (Å²) >= 11 is 0. The van der Waals surface area contributed by atoms with E-state index in [-0.39, 0.29) is 19.1 Å². The second-order valence-corrected chi connectivity index (χ2v) is 15.4. The zero-order valence-corrected chi connectivity index (χ0v) is 30.5. The molecule has 3 unspecified atom stereocenters. The molecule has 0 fully saturated rings. The summed E-state index contributed by atoms with van der Waals surface area (Å²) in [6.45, 7) is 4.47. The van der Waals surface area contributed by atoms with E-state index in [0.29, 0.717) is 23.9 Å². The monoisotopic (exact) mass is 649 g/mol. The molecule has 0 radical (unpaired) electrons. The lowest BCUT2D eigenvalue weighted by Gasteiger charge is -2.30. The van der Waals surface area contributed by atoms with Gasteiger partial charge in [0, 0.05) is 6.42 Å². The van der Waals surface area contributed by atoms with Gasteiger partial charge < -0.3 is 28.8 Å². The van der Waals surface area contributed by atoms with E-state index >= 15 is 0 Å². The Labute approximate surface area is 272 Å². The molecule has 44 heavy (non-hydrogen) atoms. The molecule has 0 saturated heterocycles. The van der Waals surface area contributed by atoms with E-state index in [1.807, 2.05) is 28.1 Å². The molecule has 1 amide bonds. The fourth-order valence-electron chi connectivity index (χ4n) is 5.31. The summed E-state index contributed by atoms with van der Waals surface area (Å²) in [6, 6.07) is -0.788. The Bertz CT molecular complexity index is 703. The normalized spacial score (nSPS) is 14.8. The number of aliphatic hydroxyl groups excluding tert-OH is 1. The van der Waals surface area contributed by atoms with Gasteiger partial charge in [0.15, 0.2) is 0 Å². The number of likely N-dealkylation sites (N-methyl/N-ethyl adjacent to an activating group) is 1. The lowest BCUT2D eigenvalue weighted by molar-refractivity contribution is -0.870. The average Bonchev–Trinajstić information content (AvgIpc) is 2.96. The van der Waals surface area contributed by atoms with Gasteiger partial charge in [-0.05, 0) is 12.8 Å². The Balaban J connectivity index is 3.99. The minimum Gasteiger partial charge on any atom is -0.756 e. The molecule has 0 aliphatic heterocycles. The molecule has 0 spiro atoms. The maximum Gasteiger partial charge on any atom is 0.268 e.